The zero-order valence-corrected chi connectivity index (χ0v) is 12.8. The van der Waals surface area contributed by atoms with Crippen LogP contribution in [0.2, 0.25) is 0 Å². The Kier molecular flexibility index (Phi) is 5.06. The lowest BCUT2D eigenvalue weighted by atomic mass is 10.1. The second-order valence-corrected chi connectivity index (χ2v) is 5.84. The lowest BCUT2D eigenvalue weighted by Gasteiger charge is -2.28. The smallest absolute Gasteiger partial charge is 0.227 e. The normalized spacial score (nSPS) is 24.9. The molecule has 1 amide bonds. The van der Waals surface area contributed by atoms with E-state index in [0.29, 0.717) is 24.4 Å². The fraction of sp³-hybridized carbons (Fsp3) is 0.562. The van der Waals surface area contributed by atoms with Crippen LogP contribution in [-0.2, 0) is 11.2 Å². The Morgan fingerprint density at radius 2 is 1.90 bits per heavy atom. The van der Waals surface area contributed by atoms with Crippen molar-refractivity contribution < 1.29 is 4.79 Å². The first kappa shape index (κ1) is 15.3. The highest BCUT2D eigenvalue weighted by Crippen LogP contribution is 2.28. The summed E-state index contributed by atoms with van der Waals surface area (Å²) in [6.07, 6.45) is 4.01. The first-order chi connectivity index (χ1) is 9.24. The van der Waals surface area contributed by atoms with Crippen LogP contribution in [0.15, 0.2) is 24.3 Å². The van der Waals surface area contributed by atoms with E-state index in [1.165, 1.54) is 12.0 Å². The average Bonchev–Trinajstić information content (AvgIpc) is 2.66. The predicted molar refractivity (Wildman–Crippen MR) is 83.3 cm³/mol. The summed E-state index contributed by atoms with van der Waals surface area (Å²) in [6, 6.07) is 9.21. The summed E-state index contributed by atoms with van der Waals surface area (Å²) in [5.41, 5.74) is 2.38. The lowest BCUT2D eigenvalue weighted by molar-refractivity contribution is -0.133. The quantitative estimate of drug-likeness (QED) is 0.908. The van der Waals surface area contributed by atoms with Crippen LogP contribution in [0.1, 0.15) is 30.4 Å². The van der Waals surface area contributed by atoms with Crippen molar-refractivity contribution in [2.75, 3.05) is 13.1 Å². The summed E-state index contributed by atoms with van der Waals surface area (Å²) in [4.78, 5) is 14.7. The maximum absolute atomic E-state index is 12.6. The molecule has 2 saturated heterocycles. The van der Waals surface area contributed by atoms with Gasteiger partial charge in [0.2, 0.25) is 5.91 Å². The van der Waals surface area contributed by atoms with E-state index in [9.17, 15) is 4.79 Å². The summed E-state index contributed by atoms with van der Waals surface area (Å²) < 4.78 is 0. The van der Waals surface area contributed by atoms with Crippen LogP contribution in [-0.4, -0.2) is 36.0 Å². The first-order valence-electron chi connectivity index (χ1n) is 7.31. The van der Waals surface area contributed by atoms with Gasteiger partial charge in [0, 0.05) is 18.6 Å². The summed E-state index contributed by atoms with van der Waals surface area (Å²) >= 11 is 0. The van der Waals surface area contributed by atoms with Gasteiger partial charge in [0.15, 0.2) is 0 Å². The molecule has 3 nitrogen and oxygen atoms in total. The third-order valence-electron chi connectivity index (χ3n) is 4.42. The molecule has 1 aromatic carbocycles. The van der Waals surface area contributed by atoms with Gasteiger partial charge in [-0.25, -0.2) is 0 Å². The van der Waals surface area contributed by atoms with E-state index in [0.717, 1.165) is 31.5 Å². The fourth-order valence-electron chi connectivity index (χ4n) is 3.36. The molecule has 2 fully saturated rings. The molecule has 0 aromatic heterocycles. The van der Waals surface area contributed by atoms with E-state index >= 15 is 0 Å². The Labute approximate surface area is 127 Å². The Morgan fingerprint density at radius 1 is 1.20 bits per heavy atom. The Bertz CT molecular complexity index is 446. The summed E-state index contributed by atoms with van der Waals surface area (Å²) in [6.45, 7) is 4.10. The number of hydrogen-bond donors (Lipinski definition) is 1. The molecule has 2 unspecified atom stereocenters. The van der Waals surface area contributed by atoms with Crippen molar-refractivity contribution in [2.24, 2.45) is 0 Å². The lowest BCUT2D eigenvalue weighted by Crippen LogP contribution is -2.43. The monoisotopic (exact) mass is 294 g/mol. The fourth-order valence-corrected chi connectivity index (χ4v) is 3.36. The maximum Gasteiger partial charge on any atom is 0.227 e. The zero-order chi connectivity index (χ0) is 13.2. The van der Waals surface area contributed by atoms with Gasteiger partial charge in [0.25, 0.3) is 0 Å². The molecule has 2 atom stereocenters. The molecule has 2 aliphatic rings. The summed E-state index contributed by atoms with van der Waals surface area (Å²) in [5, 5.41) is 3.44. The third-order valence-corrected chi connectivity index (χ3v) is 4.42. The van der Waals surface area contributed by atoms with Gasteiger partial charge in [-0.15, -0.1) is 12.4 Å². The van der Waals surface area contributed by atoms with E-state index in [1.54, 1.807) is 0 Å². The molecule has 0 radical (unpaired) electrons. The largest absolute Gasteiger partial charge is 0.335 e. The van der Waals surface area contributed by atoms with Crippen LogP contribution in [0.5, 0.6) is 0 Å². The van der Waals surface area contributed by atoms with Crippen molar-refractivity contribution in [1.82, 2.24) is 10.2 Å². The topological polar surface area (TPSA) is 32.3 Å². The minimum Gasteiger partial charge on any atom is -0.335 e. The Balaban J connectivity index is 0.00000147. The number of halogens is 1. The number of benzene rings is 1. The molecule has 1 N–H and O–H groups in total. The molecule has 110 valence electrons. The average molecular weight is 295 g/mol. The van der Waals surface area contributed by atoms with Crippen molar-refractivity contribution in [3.8, 4) is 0 Å². The molecule has 2 heterocycles. The van der Waals surface area contributed by atoms with E-state index in [4.69, 9.17) is 0 Å². The van der Waals surface area contributed by atoms with Crippen LogP contribution in [0.4, 0.5) is 0 Å². The van der Waals surface area contributed by atoms with Gasteiger partial charge in [-0.3, -0.25) is 4.79 Å². The molecule has 2 aliphatic heterocycles. The molecular formula is C16H23ClN2O. The van der Waals surface area contributed by atoms with Crippen LogP contribution >= 0.6 is 12.4 Å². The molecule has 0 aliphatic carbocycles. The standard InChI is InChI=1S/C16H22N2O.ClH/c1-12-2-4-13(5-3-12)10-16(19)18-14-6-7-15(18)11-17-9-8-14;/h2-5,14-15,17H,6-11H2,1H3;1H. The van der Waals surface area contributed by atoms with E-state index in [1.807, 2.05) is 0 Å². The number of rotatable bonds is 2. The summed E-state index contributed by atoms with van der Waals surface area (Å²) in [5.74, 6) is 0.306. The van der Waals surface area contributed by atoms with Crippen molar-refractivity contribution in [1.29, 1.82) is 0 Å². The second kappa shape index (κ2) is 6.59. The first-order valence-corrected chi connectivity index (χ1v) is 7.31. The SMILES string of the molecule is Cc1ccc(CC(=O)N2C3CCNCC2CC3)cc1.Cl. The van der Waals surface area contributed by atoms with Gasteiger partial charge >= 0.3 is 0 Å². The zero-order valence-electron chi connectivity index (χ0n) is 12.0. The Morgan fingerprint density at radius 3 is 2.65 bits per heavy atom. The third kappa shape index (κ3) is 3.15. The molecular weight excluding hydrogens is 272 g/mol. The van der Waals surface area contributed by atoms with Gasteiger partial charge in [-0.2, -0.15) is 0 Å². The highest BCUT2D eigenvalue weighted by Gasteiger charge is 2.37. The number of fused-ring (bicyclic) bond motifs is 2. The van der Waals surface area contributed by atoms with Crippen molar-refractivity contribution in [3.63, 3.8) is 0 Å². The van der Waals surface area contributed by atoms with E-state index in [2.05, 4.69) is 41.4 Å². The van der Waals surface area contributed by atoms with Crippen molar-refractivity contribution in [3.05, 3.63) is 35.4 Å². The van der Waals surface area contributed by atoms with E-state index in [-0.39, 0.29) is 12.4 Å². The van der Waals surface area contributed by atoms with E-state index < -0.39 is 0 Å². The number of carbonyl (C=O) groups is 1. The minimum atomic E-state index is 0. The van der Waals surface area contributed by atoms with Crippen LogP contribution < -0.4 is 5.32 Å². The van der Waals surface area contributed by atoms with Gasteiger partial charge in [0.05, 0.1) is 6.42 Å². The van der Waals surface area contributed by atoms with Gasteiger partial charge in [-0.05, 0) is 38.3 Å². The van der Waals surface area contributed by atoms with Crippen LogP contribution in [0.3, 0.4) is 0 Å². The van der Waals surface area contributed by atoms with Gasteiger partial charge in [0.1, 0.15) is 0 Å². The highest BCUT2D eigenvalue weighted by atomic mass is 35.5. The van der Waals surface area contributed by atoms with Gasteiger partial charge in [-0.1, -0.05) is 29.8 Å². The molecule has 0 saturated carbocycles. The van der Waals surface area contributed by atoms with Crippen LogP contribution in [0, 0.1) is 6.92 Å². The number of amides is 1. The van der Waals surface area contributed by atoms with Crippen molar-refractivity contribution >= 4 is 18.3 Å². The molecule has 1 aromatic rings. The molecule has 20 heavy (non-hydrogen) atoms. The van der Waals surface area contributed by atoms with Crippen LogP contribution in [0.25, 0.3) is 0 Å². The molecule has 4 heteroatoms. The maximum atomic E-state index is 12.6. The Hall–Kier alpha value is -1.06. The molecule has 0 spiro atoms. The predicted octanol–water partition coefficient (Wildman–Crippen LogP) is 2.31. The van der Waals surface area contributed by atoms with Gasteiger partial charge < -0.3 is 10.2 Å². The highest BCUT2D eigenvalue weighted by molar-refractivity contribution is 5.85. The summed E-state index contributed by atoms with van der Waals surface area (Å²) in [7, 11) is 0. The van der Waals surface area contributed by atoms with Crippen molar-refractivity contribution in [2.45, 2.75) is 44.7 Å². The number of hydrogen-bond acceptors (Lipinski definition) is 2. The molecule has 3 rings (SSSR count). The number of nitrogens with one attached hydrogen (secondary N) is 1. The number of aryl methyl sites for hydroxylation is 1. The number of carbonyl (C=O) groups excluding carboxylic acids is 1. The minimum absolute atomic E-state index is 0. The second-order valence-electron chi connectivity index (χ2n) is 5.84. The molecule has 2 bridgehead atoms. The number of nitrogens with zero attached hydrogens (tertiary/aromatic N) is 1.